The van der Waals surface area contributed by atoms with Gasteiger partial charge in [0.2, 0.25) is 5.13 Å². The van der Waals surface area contributed by atoms with E-state index in [4.69, 9.17) is 11.6 Å². The molecule has 3 aromatic rings. The lowest BCUT2D eigenvalue weighted by atomic mass is 10.2. The maximum Gasteiger partial charge on any atom is 0.273 e. The van der Waals surface area contributed by atoms with E-state index >= 15 is 0 Å². The van der Waals surface area contributed by atoms with E-state index < -0.39 is 0 Å². The van der Waals surface area contributed by atoms with Crippen molar-refractivity contribution >= 4 is 44.9 Å². The van der Waals surface area contributed by atoms with Crippen LogP contribution in [0.3, 0.4) is 0 Å². The van der Waals surface area contributed by atoms with Crippen molar-refractivity contribution in [2.45, 2.75) is 19.8 Å². The minimum atomic E-state index is -0.242. The highest BCUT2D eigenvalue weighted by molar-refractivity contribution is 7.15. The van der Waals surface area contributed by atoms with E-state index in [-0.39, 0.29) is 5.91 Å². The Morgan fingerprint density at radius 1 is 1.33 bits per heavy atom. The van der Waals surface area contributed by atoms with Gasteiger partial charge in [-0.2, -0.15) is 0 Å². The topological polar surface area (TPSA) is 70.7 Å². The van der Waals surface area contributed by atoms with Crippen LogP contribution in [-0.4, -0.2) is 21.1 Å². The highest BCUT2D eigenvalue weighted by Gasteiger charge is 2.14. The van der Waals surface area contributed by atoms with E-state index in [0.717, 1.165) is 15.9 Å². The average molecular weight is 321 g/mol. The second kappa shape index (κ2) is 5.46. The monoisotopic (exact) mass is 320 g/mol. The molecule has 0 spiro atoms. The number of halogens is 1. The minimum absolute atomic E-state index is 0.242. The number of anilines is 1. The first-order valence-corrected chi connectivity index (χ1v) is 7.65. The Hall–Kier alpha value is -1.92. The third kappa shape index (κ3) is 2.91. The summed E-state index contributed by atoms with van der Waals surface area (Å²) in [7, 11) is 0. The van der Waals surface area contributed by atoms with Gasteiger partial charge in [-0.15, -0.1) is 10.2 Å². The summed E-state index contributed by atoms with van der Waals surface area (Å²) in [5.74, 6) is 0.0529. The first-order valence-electron chi connectivity index (χ1n) is 6.46. The summed E-state index contributed by atoms with van der Waals surface area (Å²) in [6.45, 7) is 4.07. The summed E-state index contributed by atoms with van der Waals surface area (Å²) in [6, 6.07) is 7.20. The van der Waals surface area contributed by atoms with Crippen molar-refractivity contribution in [2.24, 2.45) is 0 Å². The molecule has 5 nitrogen and oxygen atoms in total. The van der Waals surface area contributed by atoms with Gasteiger partial charge in [0, 0.05) is 21.8 Å². The maximum atomic E-state index is 12.2. The number of hydrogen-bond acceptors (Lipinski definition) is 4. The van der Waals surface area contributed by atoms with Gasteiger partial charge in [-0.1, -0.05) is 36.8 Å². The Labute approximate surface area is 130 Å². The van der Waals surface area contributed by atoms with E-state index in [1.165, 1.54) is 11.3 Å². The molecule has 0 saturated heterocycles. The zero-order valence-corrected chi connectivity index (χ0v) is 13.0. The largest absolute Gasteiger partial charge is 0.351 e. The first-order chi connectivity index (χ1) is 10.0. The van der Waals surface area contributed by atoms with Gasteiger partial charge < -0.3 is 4.98 Å². The number of nitrogens with one attached hydrogen (secondary N) is 2. The number of carbonyl (C=O) groups is 1. The van der Waals surface area contributed by atoms with Gasteiger partial charge >= 0.3 is 0 Å². The van der Waals surface area contributed by atoms with Gasteiger partial charge in [0.05, 0.1) is 0 Å². The van der Waals surface area contributed by atoms with Gasteiger partial charge in [0.25, 0.3) is 5.91 Å². The van der Waals surface area contributed by atoms with Crippen molar-refractivity contribution in [1.82, 2.24) is 15.2 Å². The molecule has 0 aliphatic carbocycles. The lowest BCUT2D eigenvalue weighted by Gasteiger charge is -1.97. The number of amides is 1. The van der Waals surface area contributed by atoms with Crippen LogP contribution < -0.4 is 5.32 Å². The molecule has 21 heavy (non-hydrogen) atoms. The Morgan fingerprint density at radius 3 is 2.86 bits per heavy atom. The number of carbonyl (C=O) groups excluding carboxylic acids is 1. The van der Waals surface area contributed by atoms with Crippen LogP contribution in [0.2, 0.25) is 5.02 Å². The minimum Gasteiger partial charge on any atom is -0.351 e. The summed E-state index contributed by atoms with van der Waals surface area (Å²) in [6.07, 6.45) is 0. The molecule has 1 amide bonds. The van der Waals surface area contributed by atoms with Crippen molar-refractivity contribution in [1.29, 1.82) is 0 Å². The van der Waals surface area contributed by atoms with E-state index in [1.807, 2.05) is 26.0 Å². The quantitative estimate of drug-likeness (QED) is 0.764. The summed E-state index contributed by atoms with van der Waals surface area (Å²) in [4.78, 5) is 15.3. The van der Waals surface area contributed by atoms with Crippen LogP contribution >= 0.6 is 22.9 Å². The second-order valence-corrected chi connectivity index (χ2v) is 6.41. The molecule has 0 atom stereocenters. The molecule has 0 aliphatic heterocycles. The molecule has 3 rings (SSSR count). The summed E-state index contributed by atoms with van der Waals surface area (Å²) >= 11 is 7.32. The van der Waals surface area contributed by atoms with Crippen molar-refractivity contribution in [3.8, 4) is 0 Å². The van der Waals surface area contributed by atoms with E-state index in [1.54, 1.807) is 12.1 Å². The Morgan fingerprint density at radius 2 is 2.14 bits per heavy atom. The summed E-state index contributed by atoms with van der Waals surface area (Å²) < 4.78 is 0. The van der Waals surface area contributed by atoms with Crippen LogP contribution in [0.25, 0.3) is 10.9 Å². The Kier molecular flexibility index (Phi) is 3.65. The van der Waals surface area contributed by atoms with Crippen LogP contribution in [0.1, 0.15) is 35.3 Å². The molecule has 7 heteroatoms. The number of rotatable bonds is 3. The van der Waals surface area contributed by atoms with Crippen molar-refractivity contribution in [3.63, 3.8) is 0 Å². The molecular weight excluding hydrogens is 308 g/mol. The van der Waals surface area contributed by atoms with Crippen LogP contribution in [0, 0.1) is 0 Å². The van der Waals surface area contributed by atoms with Gasteiger partial charge in [-0.25, -0.2) is 0 Å². The molecule has 108 valence electrons. The number of H-pyrrole nitrogens is 1. The molecule has 2 aromatic heterocycles. The smallest absolute Gasteiger partial charge is 0.273 e. The molecule has 0 bridgehead atoms. The molecule has 0 radical (unpaired) electrons. The van der Waals surface area contributed by atoms with Gasteiger partial charge in [-0.3, -0.25) is 10.1 Å². The first kappa shape index (κ1) is 14.0. The number of nitrogens with zero attached hydrogens (tertiary/aromatic N) is 2. The summed E-state index contributed by atoms with van der Waals surface area (Å²) in [5.41, 5.74) is 1.33. The number of benzene rings is 1. The van der Waals surface area contributed by atoms with E-state index in [9.17, 15) is 4.79 Å². The molecule has 1 aromatic carbocycles. The number of aromatic amines is 1. The van der Waals surface area contributed by atoms with Crippen LogP contribution in [0.5, 0.6) is 0 Å². The fraction of sp³-hybridized carbons (Fsp3) is 0.214. The normalized spacial score (nSPS) is 11.2. The van der Waals surface area contributed by atoms with Gasteiger partial charge in [0.1, 0.15) is 10.7 Å². The SMILES string of the molecule is CC(C)c1nnc(NC(=O)c2cc3cc(Cl)ccc3[nH]2)s1. The van der Waals surface area contributed by atoms with Crippen LogP contribution in [0.4, 0.5) is 5.13 Å². The average Bonchev–Trinajstić information content (AvgIpc) is 3.04. The fourth-order valence-corrected chi connectivity index (χ4v) is 2.83. The number of fused-ring (bicyclic) bond motifs is 1. The van der Waals surface area contributed by atoms with Gasteiger partial charge in [-0.05, 0) is 24.3 Å². The molecule has 0 fully saturated rings. The highest BCUT2D eigenvalue weighted by atomic mass is 35.5. The Balaban J connectivity index is 1.82. The molecule has 2 heterocycles. The second-order valence-electron chi connectivity index (χ2n) is 4.97. The number of aromatic nitrogens is 3. The maximum absolute atomic E-state index is 12.2. The van der Waals surface area contributed by atoms with Gasteiger partial charge in [0.15, 0.2) is 0 Å². The molecule has 0 aliphatic rings. The fourth-order valence-electron chi connectivity index (χ4n) is 1.91. The predicted octanol–water partition coefficient (Wildman–Crippen LogP) is 4.05. The standard InChI is InChI=1S/C14H13ClN4OS/c1-7(2)13-18-19-14(21-13)17-12(20)11-6-8-5-9(15)3-4-10(8)16-11/h3-7,16H,1-2H3,(H,17,19,20). The third-order valence-corrected chi connectivity index (χ3v) is 4.36. The lowest BCUT2D eigenvalue weighted by Crippen LogP contribution is -2.11. The zero-order chi connectivity index (χ0) is 15.0. The zero-order valence-electron chi connectivity index (χ0n) is 11.5. The number of hydrogen-bond donors (Lipinski definition) is 2. The molecular formula is C14H13ClN4OS. The van der Waals surface area contributed by atoms with Crippen molar-refractivity contribution in [3.05, 3.63) is 40.0 Å². The lowest BCUT2D eigenvalue weighted by molar-refractivity contribution is 0.102. The van der Waals surface area contributed by atoms with E-state index in [2.05, 4.69) is 20.5 Å². The third-order valence-electron chi connectivity index (χ3n) is 2.98. The van der Waals surface area contributed by atoms with Crippen LogP contribution in [0.15, 0.2) is 24.3 Å². The molecule has 0 saturated carbocycles. The van der Waals surface area contributed by atoms with E-state index in [0.29, 0.717) is 21.8 Å². The van der Waals surface area contributed by atoms with Crippen molar-refractivity contribution < 1.29 is 4.79 Å². The molecule has 2 N–H and O–H groups in total. The predicted molar refractivity (Wildman–Crippen MR) is 85.3 cm³/mol. The highest BCUT2D eigenvalue weighted by Crippen LogP contribution is 2.24. The Bertz CT molecular complexity index is 808. The van der Waals surface area contributed by atoms with Crippen molar-refractivity contribution in [2.75, 3.05) is 5.32 Å². The summed E-state index contributed by atoms with van der Waals surface area (Å²) in [5, 5.41) is 13.7. The molecule has 0 unspecified atom stereocenters. The van der Waals surface area contributed by atoms with Crippen LogP contribution in [-0.2, 0) is 0 Å².